The maximum absolute atomic E-state index is 12.8. The Morgan fingerprint density at radius 1 is 1.21 bits per heavy atom. The number of ether oxygens (including phenoxy) is 1. The second-order valence-corrected chi connectivity index (χ2v) is 6.11. The maximum Gasteiger partial charge on any atom is 0.254 e. The fraction of sp³-hybridized carbons (Fsp3) is 0.929. The van der Waals surface area contributed by atoms with Crippen molar-refractivity contribution < 1.29 is 9.53 Å². The molecule has 2 atom stereocenters. The molecule has 0 aromatic heterocycles. The largest absolute Gasteiger partial charge is 0.368 e. The Balaban J connectivity index is 0.00000133. The summed E-state index contributed by atoms with van der Waals surface area (Å²) < 4.78 is 5.64. The molecule has 2 aliphatic heterocycles. The fourth-order valence-electron chi connectivity index (χ4n) is 4.02. The summed E-state index contributed by atoms with van der Waals surface area (Å²) in [4.78, 5) is 14.8. The molecule has 19 heavy (non-hydrogen) atoms. The first-order valence-electron chi connectivity index (χ1n) is 7.30. The van der Waals surface area contributed by atoms with E-state index in [1.807, 2.05) is 0 Å². The molecule has 1 amide bonds. The summed E-state index contributed by atoms with van der Waals surface area (Å²) in [6, 6.07) is 0. The van der Waals surface area contributed by atoms with E-state index >= 15 is 0 Å². The minimum Gasteiger partial charge on any atom is -0.368 e. The molecule has 0 radical (unpaired) electrons. The molecule has 1 saturated carbocycles. The lowest BCUT2D eigenvalue weighted by Gasteiger charge is -2.38. The van der Waals surface area contributed by atoms with Gasteiger partial charge in [0.25, 0.3) is 5.91 Å². The van der Waals surface area contributed by atoms with E-state index in [1.54, 1.807) is 7.11 Å². The highest BCUT2D eigenvalue weighted by atomic mass is 35.5. The SMILES string of the molecule is COC1(C(=O)N2CC3CCCC3C2)CCNCC1.Cl. The first kappa shape index (κ1) is 15.1. The Morgan fingerprint density at radius 2 is 1.79 bits per heavy atom. The van der Waals surface area contributed by atoms with Gasteiger partial charge in [-0.2, -0.15) is 0 Å². The van der Waals surface area contributed by atoms with Crippen molar-refractivity contribution in [3.63, 3.8) is 0 Å². The summed E-state index contributed by atoms with van der Waals surface area (Å²) in [6.45, 7) is 3.73. The highest BCUT2D eigenvalue weighted by Crippen LogP contribution is 2.39. The first-order chi connectivity index (χ1) is 8.75. The lowest BCUT2D eigenvalue weighted by molar-refractivity contribution is -0.157. The molecule has 3 rings (SSSR count). The van der Waals surface area contributed by atoms with Gasteiger partial charge in [-0.3, -0.25) is 4.79 Å². The van der Waals surface area contributed by atoms with Crippen LogP contribution in [0.4, 0.5) is 0 Å². The van der Waals surface area contributed by atoms with Gasteiger partial charge in [0.05, 0.1) is 0 Å². The van der Waals surface area contributed by atoms with Crippen molar-refractivity contribution in [1.29, 1.82) is 0 Å². The molecular formula is C14H25ClN2O2. The molecule has 0 spiro atoms. The topological polar surface area (TPSA) is 41.6 Å². The van der Waals surface area contributed by atoms with Crippen LogP contribution in [0.1, 0.15) is 32.1 Å². The van der Waals surface area contributed by atoms with Gasteiger partial charge in [-0.25, -0.2) is 0 Å². The van der Waals surface area contributed by atoms with Gasteiger partial charge >= 0.3 is 0 Å². The molecule has 0 aromatic rings. The van der Waals surface area contributed by atoms with E-state index in [-0.39, 0.29) is 18.3 Å². The third-order valence-electron chi connectivity index (χ3n) is 5.21. The third-order valence-corrected chi connectivity index (χ3v) is 5.21. The van der Waals surface area contributed by atoms with E-state index in [4.69, 9.17) is 4.74 Å². The van der Waals surface area contributed by atoms with Crippen molar-refractivity contribution in [2.45, 2.75) is 37.7 Å². The minimum absolute atomic E-state index is 0. The normalized spacial score (nSPS) is 32.8. The molecule has 2 unspecified atom stereocenters. The van der Waals surface area contributed by atoms with Gasteiger partial charge in [-0.15, -0.1) is 12.4 Å². The predicted octanol–water partition coefficient (Wildman–Crippen LogP) is 1.44. The van der Waals surface area contributed by atoms with Gasteiger partial charge < -0.3 is 15.0 Å². The molecule has 0 aromatic carbocycles. The summed E-state index contributed by atoms with van der Waals surface area (Å²) in [5.74, 6) is 1.79. The highest BCUT2D eigenvalue weighted by molar-refractivity contribution is 5.86. The van der Waals surface area contributed by atoms with Crippen LogP contribution in [-0.4, -0.2) is 49.7 Å². The Hall–Kier alpha value is -0.320. The molecule has 1 aliphatic carbocycles. The van der Waals surface area contributed by atoms with Gasteiger partial charge in [0.2, 0.25) is 0 Å². The molecule has 3 fully saturated rings. The number of nitrogens with one attached hydrogen (secondary N) is 1. The van der Waals surface area contributed by atoms with Crippen molar-refractivity contribution >= 4 is 18.3 Å². The molecule has 5 heteroatoms. The number of hydrogen-bond donors (Lipinski definition) is 1. The number of hydrogen-bond acceptors (Lipinski definition) is 3. The third kappa shape index (κ3) is 2.63. The maximum atomic E-state index is 12.8. The molecular weight excluding hydrogens is 264 g/mol. The second kappa shape index (κ2) is 5.98. The van der Waals surface area contributed by atoms with Crippen LogP contribution >= 0.6 is 12.4 Å². The molecule has 2 heterocycles. The van der Waals surface area contributed by atoms with E-state index in [2.05, 4.69) is 10.2 Å². The number of piperidine rings is 1. The number of amides is 1. The summed E-state index contributed by atoms with van der Waals surface area (Å²) in [5.41, 5.74) is -0.538. The zero-order chi connectivity index (χ0) is 12.6. The number of carbonyl (C=O) groups is 1. The van der Waals surface area contributed by atoms with Crippen LogP contribution < -0.4 is 5.32 Å². The van der Waals surface area contributed by atoms with Crippen molar-refractivity contribution in [2.24, 2.45) is 11.8 Å². The summed E-state index contributed by atoms with van der Waals surface area (Å²) in [5, 5.41) is 3.31. The van der Waals surface area contributed by atoms with Crippen LogP contribution in [-0.2, 0) is 9.53 Å². The first-order valence-corrected chi connectivity index (χ1v) is 7.30. The summed E-state index contributed by atoms with van der Waals surface area (Å²) in [6.07, 6.45) is 5.62. The molecule has 4 nitrogen and oxygen atoms in total. The lowest BCUT2D eigenvalue weighted by atomic mass is 9.90. The van der Waals surface area contributed by atoms with Crippen LogP contribution in [0.5, 0.6) is 0 Å². The number of likely N-dealkylation sites (tertiary alicyclic amines) is 1. The van der Waals surface area contributed by atoms with Crippen molar-refractivity contribution in [1.82, 2.24) is 10.2 Å². The number of carbonyl (C=O) groups excluding carboxylic acids is 1. The zero-order valence-corrected chi connectivity index (χ0v) is 12.5. The van der Waals surface area contributed by atoms with Crippen molar-refractivity contribution in [3.05, 3.63) is 0 Å². The summed E-state index contributed by atoms with van der Waals surface area (Å²) in [7, 11) is 1.69. The van der Waals surface area contributed by atoms with E-state index in [0.717, 1.165) is 50.9 Å². The quantitative estimate of drug-likeness (QED) is 0.836. The molecule has 1 N–H and O–H groups in total. The molecule has 0 bridgehead atoms. The van der Waals surface area contributed by atoms with Crippen LogP contribution in [0, 0.1) is 11.8 Å². The average molecular weight is 289 g/mol. The van der Waals surface area contributed by atoms with Gasteiger partial charge in [-0.1, -0.05) is 6.42 Å². The van der Waals surface area contributed by atoms with Gasteiger partial charge in [-0.05, 0) is 50.6 Å². The van der Waals surface area contributed by atoms with E-state index < -0.39 is 5.60 Å². The number of nitrogens with zero attached hydrogens (tertiary/aromatic N) is 1. The number of fused-ring (bicyclic) bond motifs is 1. The second-order valence-electron chi connectivity index (χ2n) is 6.11. The lowest BCUT2D eigenvalue weighted by Crippen LogP contribution is -2.55. The molecule has 2 saturated heterocycles. The number of methoxy groups -OCH3 is 1. The average Bonchev–Trinajstić information content (AvgIpc) is 2.99. The highest BCUT2D eigenvalue weighted by Gasteiger charge is 2.46. The van der Waals surface area contributed by atoms with E-state index in [0.29, 0.717) is 0 Å². The van der Waals surface area contributed by atoms with Gasteiger partial charge in [0.1, 0.15) is 5.60 Å². The Bertz CT molecular complexity index is 319. The van der Waals surface area contributed by atoms with Gasteiger partial charge in [0.15, 0.2) is 0 Å². The Labute approximate surface area is 121 Å². The van der Waals surface area contributed by atoms with E-state index in [9.17, 15) is 4.79 Å². The van der Waals surface area contributed by atoms with Crippen LogP contribution in [0.3, 0.4) is 0 Å². The van der Waals surface area contributed by atoms with Crippen LogP contribution in [0.2, 0.25) is 0 Å². The fourth-order valence-corrected chi connectivity index (χ4v) is 4.02. The predicted molar refractivity (Wildman–Crippen MR) is 76.5 cm³/mol. The monoisotopic (exact) mass is 288 g/mol. The Kier molecular flexibility index (Phi) is 4.75. The zero-order valence-electron chi connectivity index (χ0n) is 11.7. The molecule has 3 aliphatic rings. The smallest absolute Gasteiger partial charge is 0.254 e. The van der Waals surface area contributed by atoms with Crippen molar-refractivity contribution in [2.75, 3.05) is 33.3 Å². The molecule has 110 valence electrons. The van der Waals surface area contributed by atoms with E-state index in [1.165, 1.54) is 19.3 Å². The Morgan fingerprint density at radius 3 is 2.32 bits per heavy atom. The number of halogens is 1. The summed E-state index contributed by atoms with van der Waals surface area (Å²) >= 11 is 0. The minimum atomic E-state index is -0.538. The van der Waals surface area contributed by atoms with Crippen molar-refractivity contribution in [3.8, 4) is 0 Å². The standard InChI is InChI=1S/C14H24N2O2.ClH/c1-18-14(5-7-15-8-6-14)13(17)16-9-11-3-2-4-12(11)10-16;/h11-12,15H,2-10H2,1H3;1H. The van der Waals surface area contributed by atoms with Crippen LogP contribution in [0.25, 0.3) is 0 Å². The van der Waals surface area contributed by atoms with Crippen LogP contribution in [0.15, 0.2) is 0 Å². The van der Waals surface area contributed by atoms with Gasteiger partial charge in [0, 0.05) is 20.2 Å². The number of rotatable bonds is 2.